The van der Waals surface area contributed by atoms with Crippen molar-refractivity contribution in [3.05, 3.63) is 0 Å². The third-order valence-corrected chi connectivity index (χ3v) is 2.21. The van der Waals surface area contributed by atoms with Gasteiger partial charge in [-0.25, -0.2) is 0 Å². The Morgan fingerprint density at radius 2 is 1.86 bits per heavy atom. The van der Waals surface area contributed by atoms with E-state index in [1.807, 2.05) is 5.01 Å². The Hall–Kier alpha value is -0.650. The first kappa shape index (κ1) is 11.4. The highest BCUT2D eigenvalue weighted by Gasteiger charge is 2.16. The number of aliphatic hydroxyl groups excluding tert-OH is 1. The van der Waals surface area contributed by atoms with Crippen LogP contribution in [0.5, 0.6) is 0 Å². The lowest BCUT2D eigenvalue weighted by atomic mass is 10.4. The molecule has 1 heterocycles. The van der Waals surface area contributed by atoms with E-state index in [2.05, 4.69) is 5.10 Å². The van der Waals surface area contributed by atoms with E-state index in [0.717, 1.165) is 13.1 Å². The van der Waals surface area contributed by atoms with Crippen molar-refractivity contribution < 1.29 is 14.6 Å². The normalized spacial score (nSPS) is 19.9. The number of methoxy groups -OCH3 is 2. The lowest BCUT2D eigenvalue weighted by Crippen LogP contribution is -2.31. The van der Waals surface area contributed by atoms with Crippen LogP contribution < -0.4 is 0 Å². The number of aliphatic hydroxyl groups is 1. The summed E-state index contributed by atoms with van der Waals surface area (Å²) in [6, 6.07) is 0. The van der Waals surface area contributed by atoms with Crippen molar-refractivity contribution in [2.24, 2.45) is 5.10 Å². The van der Waals surface area contributed by atoms with Gasteiger partial charge in [0.05, 0.1) is 6.21 Å². The van der Waals surface area contributed by atoms with Crippen LogP contribution in [0.2, 0.25) is 0 Å². The third kappa shape index (κ3) is 3.25. The molecule has 1 saturated heterocycles. The van der Waals surface area contributed by atoms with Gasteiger partial charge in [0.25, 0.3) is 0 Å². The summed E-state index contributed by atoms with van der Waals surface area (Å²) in [6.45, 7) is 1.93. The largest absolute Gasteiger partial charge is 0.382 e. The monoisotopic (exact) mass is 202 g/mol. The highest BCUT2D eigenvalue weighted by Crippen LogP contribution is 2.07. The number of hydrogen-bond acceptors (Lipinski definition) is 5. The second kappa shape index (κ2) is 5.95. The molecule has 1 atom stereocenters. The molecule has 1 N–H and O–H groups in total. The van der Waals surface area contributed by atoms with Crippen LogP contribution in [0.25, 0.3) is 0 Å². The summed E-state index contributed by atoms with van der Waals surface area (Å²) in [5, 5.41) is 15.6. The molecule has 82 valence electrons. The number of hydrogen-bond donors (Lipinski definition) is 1. The van der Waals surface area contributed by atoms with Crippen molar-refractivity contribution in [3.8, 4) is 0 Å². The zero-order chi connectivity index (χ0) is 10.4. The van der Waals surface area contributed by atoms with E-state index >= 15 is 0 Å². The smallest absolute Gasteiger partial charge is 0.188 e. The van der Waals surface area contributed by atoms with E-state index in [-0.39, 0.29) is 0 Å². The molecule has 1 aliphatic rings. The molecule has 1 aliphatic heterocycles. The first-order valence-electron chi connectivity index (χ1n) is 4.80. The van der Waals surface area contributed by atoms with Gasteiger partial charge in [-0.2, -0.15) is 5.10 Å². The average Bonchev–Trinajstić information content (AvgIpc) is 2.69. The second-order valence-electron chi connectivity index (χ2n) is 3.26. The topological polar surface area (TPSA) is 54.3 Å². The van der Waals surface area contributed by atoms with Gasteiger partial charge in [0.1, 0.15) is 6.10 Å². The van der Waals surface area contributed by atoms with Crippen LogP contribution in [0, 0.1) is 0 Å². The van der Waals surface area contributed by atoms with Crippen LogP contribution in [-0.4, -0.2) is 56.0 Å². The minimum Gasteiger partial charge on any atom is -0.382 e. The first-order valence-corrected chi connectivity index (χ1v) is 4.80. The Labute approximate surface area is 84.3 Å². The van der Waals surface area contributed by atoms with Crippen LogP contribution in [-0.2, 0) is 9.47 Å². The van der Waals surface area contributed by atoms with Gasteiger partial charge in [0, 0.05) is 27.3 Å². The summed E-state index contributed by atoms with van der Waals surface area (Å²) in [6.07, 6.45) is 2.35. The van der Waals surface area contributed by atoms with Crippen molar-refractivity contribution in [2.45, 2.75) is 25.2 Å². The summed E-state index contributed by atoms with van der Waals surface area (Å²) in [5.41, 5.74) is 0. The SMILES string of the molecule is COC(OC)C(O)/C=N/N1CCCC1. The maximum absolute atomic E-state index is 9.54. The number of ether oxygens (including phenoxy) is 2. The van der Waals surface area contributed by atoms with Crippen LogP contribution in [0.3, 0.4) is 0 Å². The predicted octanol–water partition coefficient (Wildman–Crippen LogP) is 0.0478. The highest BCUT2D eigenvalue weighted by molar-refractivity contribution is 5.62. The summed E-state index contributed by atoms with van der Waals surface area (Å²) in [4.78, 5) is 0. The first-order chi connectivity index (χ1) is 6.77. The van der Waals surface area contributed by atoms with Gasteiger partial charge in [0.2, 0.25) is 0 Å². The summed E-state index contributed by atoms with van der Waals surface area (Å²) >= 11 is 0. The van der Waals surface area contributed by atoms with Gasteiger partial charge < -0.3 is 14.6 Å². The molecule has 1 unspecified atom stereocenters. The summed E-state index contributed by atoms with van der Waals surface area (Å²) in [7, 11) is 2.97. The van der Waals surface area contributed by atoms with Crippen molar-refractivity contribution in [2.75, 3.05) is 27.3 Å². The van der Waals surface area contributed by atoms with Crippen LogP contribution in [0.1, 0.15) is 12.8 Å². The molecule has 1 rings (SSSR count). The Morgan fingerprint density at radius 1 is 1.29 bits per heavy atom. The Kier molecular flexibility index (Phi) is 4.86. The molecule has 0 aromatic rings. The Balaban J connectivity index is 2.33. The Bertz CT molecular complexity index is 177. The lowest BCUT2D eigenvalue weighted by molar-refractivity contribution is -0.143. The molecule has 0 saturated carbocycles. The van der Waals surface area contributed by atoms with E-state index in [1.54, 1.807) is 0 Å². The molecule has 0 aliphatic carbocycles. The summed E-state index contributed by atoms with van der Waals surface area (Å²) < 4.78 is 9.79. The van der Waals surface area contributed by atoms with E-state index in [9.17, 15) is 5.11 Å². The molecular formula is C9H18N2O3. The lowest BCUT2D eigenvalue weighted by Gasteiger charge is -2.17. The fourth-order valence-corrected chi connectivity index (χ4v) is 1.42. The minimum absolute atomic E-state index is 0.638. The van der Waals surface area contributed by atoms with Crippen molar-refractivity contribution in [3.63, 3.8) is 0 Å². The number of nitrogens with zero attached hydrogens (tertiary/aromatic N) is 2. The fourth-order valence-electron chi connectivity index (χ4n) is 1.42. The van der Waals surface area contributed by atoms with Gasteiger partial charge in [-0.3, -0.25) is 5.01 Å². The molecule has 0 radical (unpaired) electrons. The molecule has 0 aromatic carbocycles. The van der Waals surface area contributed by atoms with Crippen LogP contribution in [0.4, 0.5) is 0 Å². The van der Waals surface area contributed by atoms with Crippen molar-refractivity contribution in [1.29, 1.82) is 0 Å². The zero-order valence-electron chi connectivity index (χ0n) is 8.72. The third-order valence-electron chi connectivity index (χ3n) is 2.21. The molecule has 14 heavy (non-hydrogen) atoms. The Morgan fingerprint density at radius 3 is 2.36 bits per heavy atom. The van der Waals surface area contributed by atoms with Gasteiger partial charge >= 0.3 is 0 Å². The minimum atomic E-state index is -0.814. The maximum atomic E-state index is 9.54. The van der Waals surface area contributed by atoms with Gasteiger partial charge in [-0.1, -0.05) is 0 Å². The standard InChI is InChI=1S/C9H18N2O3/c1-13-9(14-2)8(12)7-10-11-5-3-4-6-11/h7-9,12H,3-6H2,1-2H3/b10-7+. The molecule has 0 spiro atoms. The fraction of sp³-hybridized carbons (Fsp3) is 0.889. The van der Waals surface area contributed by atoms with E-state index < -0.39 is 12.4 Å². The summed E-state index contributed by atoms with van der Waals surface area (Å²) in [5.74, 6) is 0. The average molecular weight is 202 g/mol. The van der Waals surface area contributed by atoms with Crippen LogP contribution >= 0.6 is 0 Å². The molecule has 0 amide bonds. The quantitative estimate of drug-likeness (QED) is 0.505. The molecule has 1 fully saturated rings. The van der Waals surface area contributed by atoms with Crippen LogP contribution in [0.15, 0.2) is 5.10 Å². The number of rotatable bonds is 5. The highest BCUT2D eigenvalue weighted by atomic mass is 16.7. The molecule has 5 nitrogen and oxygen atoms in total. The van der Waals surface area contributed by atoms with Gasteiger partial charge in [-0.05, 0) is 12.8 Å². The molecular weight excluding hydrogens is 184 g/mol. The zero-order valence-corrected chi connectivity index (χ0v) is 8.72. The van der Waals surface area contributed by atoms with Gasteiger partial charge in [0.15, 0.2) is 6.29 Å². The van der Waals surface area contributed by atoms with E-state index in [4.69, 9.17) is 9.47 Å². The van der Waals surface area contributed by atoms with E-state index in [1.165, 1.54) is 33.3 Å². The van der Waals surface area contributed by atoms with Crippen molar-refractivity contribution >= 4 is 6.21 Å². The predicted molar refractivity (Wildman–Crippen MR) is 53.1 cm³/mol. The molecule has 0 aromatic heterocycles. The van der Waals surface area contributed by atoms with Crippen molar-refractivity contribution in [1.82, 2.24) is 5.01 Å². The molecule has 5 heteroatoms. The maximum Gasteiger partial charge on any atom is 0.188 e. The van der Waals surface area contributed by atoms with Gasteiger partial charge in [-0.15, -0.1) is 0 Å². The second-order valence-corrected chi connectivity index (χ2v) is 3.26. The molecule has 0 bridgehead atoms. The van der Waals surface area contributed by atoms with E-state index in [0.29, 0.717) is 0 Å². The number of hydrazone groups is 1.